The number of aryl methyl sites for hydroxylation is 1. The molecule has 0 fully saturated rings. The molecule has 4 rings (SSSR count). The quantitative estimate of drug-likeness (QED) is 0.743. The van der Waals surface area contributed by atoms with Crippen LogP contribution < -0.4 is 14.8 Å². The van der Waals surface area contributed by atoms with Gasteiger partial charge in [-0.05, 0) is 32.0 Å². The van der Waals surface area contributed by atoms with Gasteiger partial charge in [0.15, 0.2) is 11.5 Å². The third kappa shape index (κ3) is 2.88. The average molecular weight is 342 g/mol. The number of aromatic nitrogens is 3. The summed E-state index contributed by atoms with van der Waals surface area (Å²) in [5.41, 5.74) is 4.20. The normalized spacial score (nSPS) is 14.1. The lowest BCUT2D eigenvalue weighted by atomic mass is 10.1. The number of nitrogens with zero attached hydrogens (tertiary/aromatic N) is 2. The second-order valence-electron chi connectivity index (χ2n) is 5.73. The first-order valence-electron chi connectivity index (χ1n) is 7.78. The molecule has 7 heteroatoms. The van der Waals surface area contributed by atoms with E-state index in [4.69, 9.17) is 9.47 Å². The Bertz CT molecular complexity index is 858. The number of H-pyrrole nitrogens is 1. The summed E-state index contributed by atoms with van der Waals surface area (Å²) in [7, 11) is 0. The van der Waals surface area contributed by atoms with E-state index in [1.807, 2.05) is 31.3 Å². The van der Waals surface area contributed by atoms with E-state index in [1.54, 1.807) is 11.3 Å². The maximum absolute atomic E-state index is 5.46. The van der Waals surface area contributed by atoms with Gasteiger partial charge in [-0.3, -0.25) is 5.10 Å². The molecule has 0 amide bonds. The van der Waals surface area contributed by atoms with Gasteiger partial charge < -0.3 is 14.8 Å². The summed E-state index contributed by atoms with van der Waals surface area (Å²) in [6.07, 6.45) is 1.85. The first kappa shape index (κ1) is 15.2. The van der Waals surface area contributed by atoms with Gasteiger partial charge in [0, 0.05) is 29.1 Å². The summed E-state index contributed by atoms with van der Waals surface area (Å²) in [5.74, 6) is 1.55. The van der Waals surface area contributed by atoms with Gasteiger partial charge in [-0.1, -0.05) is 0 Å². The van der Waals surface area contributed by atoms with Gasteiger partial charge in [-0.25, -0.2) is 4.98 Å². The van der Waals surface area contributed by atoms with Crippen molar-refractivity contribution in [3.8, 4) is 22.8 Å². The number of ether oxygens (including phenoxy) is 2. The van der Waals surface area contributed by atoms with Crippen LogP contribution >= 0.6 is 11.3 Å². The minimum atomic E-state index is 0.189. The number of benzene rings is 1. The average Bonchev–Trinajstić information content (AvgIpc) is 3.31. The molecule has 1 atom stereocenters. The van der Waals surface area contributed by atoms with E-state index in [-0.39, 0.29) is 12.8 Å². The van der Waals surface area contributed by atoms with E-state index in [0.29, 0.717) is 6.54 Å². The fraction of sp³-hybridized carbons (Fsp3) is 0.294. The third-order valence-electron chi connectivity index (χ3n) is 4.06. The van der Waals surface area contributed by atoms with Crippen LogP contribution in [0.5, 0.6) is 11.5 Å². The first-order valence-corrected chi connectivity index (χ1v) is 8.66. The van der Waals surface area contributed by atoms with E-state index in [0.717, 1.165) is 39.0 Å². The molecule has 0 radical (unpaired) electrons. The van der Waals surface area contributed by atoms with Crippen LogP contribution in [0.2, 0.25) is 0 Å². The smallest absolute Gasteiger partial charge is 0.231 e. The number of thiazole rings is 1. The second-order valence-corrected chi connectivity index (χ2v) is 6.79. The zero-order valence-corrected chi connectivity index (χ0v) is 14.3. The standard InChI is InChI=1S/C17H18N4O2S/c1-10(14-8-24-11(2)20-14)18-6-13-7-19-21-17(13)12-3-4-15-16(5-12)23-9-22-15/h3-5,7-8,10,18H,6,9H2,1-2H3,(H,19,21). The Kier molecular flexibility index (Phi) is 3.95. The molecule has 0 saturated heterocycles. The highest BCUT2D eigenvalue weighted by atomic mass is 32.1. The van der Waals surface area contributed by atoms with E-state index in [1.165, 1.54) is 0 Å². The fourth-order valence-corrected chi connectivity index (χ4v) is 3.40. The van der Waals surface area contributed by atoms with E-state index >= 15 is 0 Å². The predicted molar refractivity (Wildman–Crippen MR) is 92.3 cm³/mol. The van der Waals surface area contributed by atoms with Gasteiger partial charge in [0.25, 0.3) is 0 Å². The Hall–Kier alpha value is -2.38. The molecular formula is C17H18N4O2S. The summed E-state index contributed by atoms with van der Waals surface area (Å²) < 4.78 is 10.8. The summed E-state index contributed by atoms with van der Waals surface area (Å²) in [4.78, 5) is 4.53. The van der Waals surface area contributed by atoms with Gasteiger partial charge in [0.2, 0.25) is 6.79 Å². The molecule has 1 aromatic carbocycles. The monoisotopic (exact) mass is 342 g/mol. The molecule has 3 heterocycles. The van der Waals surface area contributed by atoms with Gasteiger partial charge in [-0.15, -0.1) is 11.3 Å². The van der Waals surface area contributed by atoms with Crippen molar-refractivity contribution in [3.05, 3.63) is 46.0 Å². The van der Waals surface area contributed by atoms with E-state index in [2.05, 4.69) is 32.8 Å². The molecule has 2 N–H and O–H groups in total. The van der Waals surface area contributed by atoms with Crippen molar-refractivity contribution < 1.29 is 9.47 Å². The lowest BCUT2D eigenvalue weighted by Crippen LogP contribution is -2.18. The number of rotatable bonds is 5. The van der Waals surface area contributed by atoms with Gasteiger partial charge in [-0.2, -0.15) is 5.10 Å². The number of fused-ring (bicyclic) bond motifs is 1. The van der Waals surface area contributed by atoms with Crippen molar-refractivity contribution >= 4 is 11.3 Å². The third-order valence-corrected chi connectivity index (χ3v) is 4.85. The molecule has 3 aromatic rings. The fourth-order valence-electron chi connectivity index (χ4n) is 2.69. The molecular weight excluding hydrogens is 324 g/mol. The molecule has 0 saturated carbocycles. The van der Waals surface area contributed by atoms with Gasteiger partial charge >= 0.3 is 0 Å². The topological polar surface area (TPSA) is 72.1 Å². The Morgan fingerprint density at radius 2 is 2.21 bits per heavy atom. The van der Waals surface area contributed by atoms with Crippen molar-refractivity contribution in [2.75, 3.05) is 6.79 Å². The van der Waals surface area contributed by atoms with Crippen LogP contribution in [0, 0.1) is 6.92 Å². The van der Waals surface area contributed by atoms with Crippen LogP contribution in [0.3, 0.4) is 0 Å². The molecule has 1 unspecified atom stereocenters. The number of hydrogen-bond acceptors (Lipinski definition) is 6. The Labute approximate surface area is 143 Å². The molecule has 1 aliphatic rings. The molecule has 0 aliphatic carbocycles. The SMILES string of the molecule is Cc1nc(C(C)NCc2cn[nH]c2-c2ccc3c(c2)OCO3)cs1. The van der Waals surface area contributed by atoms with Crippen molar-refractivity contribution in [2.24, 2.45) is 0 Å². The molecule has 1 aliphatic heterocycles. The van der Waals surface area contributed by atoms with Crippen LogP contribution in [0.4, 0.5) is 0 Å². The Balaban J connectivity index is 1.50. The highest BCUT2D eigenvalue weighted by molar-refractivity contribution is 7.09. The lowest BCUT2D eigenvalue weighted by molar-refractivity contribution is 0.174. The molecule has 0 bridgehead atoms. The van der Waals surface area contributed by atoms with Crippen molar-refractivity contribution in [1.29, 1.82) is 0 Å². The minimum Gasteiger partial charge on any atom is -0.454 e. The van der Waals surface area contributed by atoms with Crippen LogP contribution in [0.25, 0.3) is 11.3 Å². The number of aromatic amines is 1. The highest BCUT2D eigenvalue weighted by Crippen LogP contribution is 2.36. The molecule has 2 aromatic heterocycles. The summed E-state index contributed by atoms with van der Waals surface area (Å²) in [5, 5.41) is 14.0. The second kappa shape index (κ2) is 6.26. The van der Waals surface area contributed by atoms with Gasteiger partial charge in [0.1, 0.15) is 0 Å². The van der Waals surface area contributed by atoms with Crippen LogP contribution in [0.1, 0.15) is 29.2 Å². The van der Waals surface area contributed by atoms with Gasteiger partial charge in [0.05, 0.1) is 22.6 Å². The van der Waals surface area contributed by atoms with Crippen molar-refractivity contribution in [2.45, 2.75) is 26.4 Å². The summed E-state index contributed by atoms with van der Waals surface area (Å²) in [6, 6.07) is 6.11. The maximum Gasteiger partial charge on any atom is 0.231 e. The summed E-state index contributed by atoms with van der Waals surface area (Å²) in [6.45, 7) is 5.13. The Morgan fingerprint density at radius 1 is 1.33 bits per heavy atom. The number of nitrogens with one attached hydrogen (secondary N) is 2. The highest BCUT2D eigenvalue weighted by Gasteiger charge is 2.17. The Morgan fingerprint density at radius 3 is 3.04 bits per heavy atom. The molecule has 24 heavy (non-hydrogen) atoms. The largest absolute Gasteiger partial charge is 0.454 e. The zero-order valence-electron chi connectivity index (χ0n) is 13.5. The summed E-state index contributed by atoms with van der Waals surface area (Å²) >= 11 is 1.67. The number of hydrogen-bond donors (Lipinski definition) is 2. The van der Waals surface area contributed by atoms with Crippen molar-refractivity contribution in [1.82, 2.24) is 20.5 Å². The van der Waals surface area contributed by atoms with Crippen molar-refractivity contribution in [3.63, 3.8) is 0 Å². The molecule has 6 nitrogen and oxygen atoms in total. The predicted octanol–water partition coefficient (Wildman–Crippen LogP) is 3.42. The molecule has 124 valence electrons. The lowest BCUT2D eigenvalue weighted by Gasteiger charge is -2.12. The van der Waals surface area contributed by atoms with E-state index < -0.39 is 0 Å². The maximum atomic E-state index is 5.46. The van der Waals surface area contributed by atoms with Crippen LogP contribution in [-0.4, -0.2) is 22.0 Å². The van der Waals surface area contributed by atoms with Crippen LogP contribution in [-0.2, 0) is 6.54 Å². The zero-order chi connectivity index (χ0) is 16.5. The van der Waals surface area contributed by atoms with Crippen LogP contribution in [0.15, 0.2) is 29.8 Å². The van der Waals surface area contributed by atoms with E-state index in [9.17, 15) is 0 Å². The minimum absolute atomic E-state index is 0.189. The molecule has 0 spiro atoms. The first-order chi connectivity index (χ1) is 11.7.